The van der Waals surface area contributed by atoms with Gasteiger partial charge in [0.1, 0.15) is 21.3 Å². The lowest BCUT2D eigenvalue weighted by atomic mass is 10.1. The highest BCUT2D eigenvalue weighted by Gasteiger charge is 2.20. The number of hydrogen-bond acceptors (Lipinski definition) is 6. The van der Waals surface area contributed by atoms with Gasteiger partial charge in [-0.25, -0.2) is 9.67 Å². The van der Waals surface area contributed by atoms with E-state index in [1.165, 1.54) is 11.3 Å². The van der Waals surface area contributed by atoms with E-state index in [9.17, 15) is 4.79 Å². The highest BCUT2D eigenvalue weighted by Crippen LogP contribution is 2.29. The number of nitrogens with one attached hydrogen (secondary N) is 1. The summed E-state index contributed by atoms with van der Waals surface area (Å²) in [4.78, 5) is 17.7. The lowest BCUT2D eigenvalue weighted by molar-refractivity contribution is 0.0955. The van der Waals surface area contributed by atoms with Crippen molar-refractivity contribution in [2.75, 3.05) is 13.7 Å². The van der Waals surface area contributed by atoms with Crippen molar-refractivity contribution in [2.45, 2.75) is 34.1 Å². The SMILES string of the molecule is COc1ccc(-n2nnc(-c3nc(C)c(C(=O)NCCC(C)C)s3)c2C)cc1. The van der Waals surface area contributed by atoms with Crippen LogP contribution in [0.5, 0.6) is 5.75 Å². The van der Waals surface area contributed by atoms with Crippen LogP contribution in [0.2, 0.25) is 0 Å². The van der Waals surface area contributed by atoms with Crippen molar-refractivity contribution < 1.29 is 9.53 Å². The molecule has 3 aromatic rings. The van der Waals surface area contributed by atoms with Crippen molar-refractivity contribution in [1.29, 1.82) is 0 Å². The van der Waals surface area contributed by atoms with Crippen LogP contribution in [0.3, 0.4) is 0 Å². The molecule has 1 amide bonds. The van der Waals surface area contributed by atoms with Crippen LogP contribution in [0.1, 0.15) is 41.3 Å². The Kier molecular flexibility index (Phi) is 6.08. The largest absolute Gasteiger partial charge is 0.497 e. The maximum Gasteiger partial charge on any atom is 0.263 e. The Hall–Kier alpha value is -2.74. The Bertz CT molecular complexity index is 960. The minimum atomic E-state index is -0.0814. The lowest BCUT2D eigenvalue weighted by Crippen LogP contribution is -2.25. The van der Waals surface area contributed by atoms with Crippen LogP contribution >= 0.6 is 11.3 Å². The first-order valence-electron chi connectivity index (χ1n) is 9.23. The van der Waals surface area contributed by atoms with Gasteiger partial charge >= 0.3 is 0 Å². The fourth-order valence-corrected chi connectivity index (χ4v) is 3.78. The topological polar surface area (TPSA) is 81.9 Å². The van der Waals surface area contributed by atoms with Crippen LogP contribution in [0.4, 0.5) is 0 Å². The van der Waals surface area contributed by atoms with Gasteiger partial charge in [0.25, 0.3) is 5.91 Å². The zero-order chi connectivity index (χ0) is 20.3. The number of methoxy groups -OCH3 is 1. The normalized spacial score (nSPS) is 11.1. The summed E-state index contributed by atoms with van der Waals surface area (Å²) in [5.74, 6) is 1.25. The fourth-order valence-electron chi connectivity index (χ4n) is 2.76. The number of carbonyl (C=O) groups excluding carboxylic acids is 1. The average molecular weight is 400 g/mol. The third-order valence-electron chi connectivity index (χ3n) is 4.42. The second-order valence-electron chi connectivity index (χ2n) is 7.01. The van der Waals surface area contributed by atoms with Gasteiger partial charge in [-0.15, -0.1) is 16.4 Å². The van der Waals surface area contributed by atoms with E-state index in [0.717, 1.165) is 23.6 Å². The molecule has 0 saturated heterocycles. The minimum absolute atomic E-state index is 0.0814. The summed E-state index contributed by atoms with van der Waals surface area (Å²) >= 11 is 1.35. The Morgan fingerprint density at radius 2 is 1.96 bits per heavy atom. The molecule has 0 fully saturated rings. The molecule has 1 aromatic carbocycles. The molecule has 0 aliphatic carbocycles. The molecule has 0 bridgehead atoms. The summed E-state index contributed by atoms with van der Waals surface area (Å²) in [5, 5.41) is 12.2. The van der Waals surface area contributed by atoms with E-state index < -0.39 is 0 Å². The molecule has 0 unspecified atom stereocenters. The summed E-state index contributed by atoms with van der Waals surface area (Å²) in [6.07, 6.45) is 0.950. The van der Waals surface area contributed by atoms with Gasteiger partial charge in [0.2, 0.25) is 0 Å². The summed E-state index contributed by atoms with van der Waals surface area (Å²) < 4.78 is 6.96. The zero-order valence-corrected chi connectivity index (χ0v) is 17.6. The fraction of sp³-hybridized carbons (Fsp3) is 0.400. The number of aryl methyl sites for hydroxylation is 1. The van der Waals surface area contributed by atoms with Crippen molar-refractivity contribution >= 4 is 17.2 Å². The zero-order valence-electron chi connectivity index (χ0n) is 16.8. The van der Waals surface area contributed by atoms with Gasteiger partial charge in [0, 0.05) is 6.54 Å². The first-order chi connectivity index (χ1) is 13.4. The van der Waals surface area contributed by atoms with Gasteiger partial charge in [0.05, 0.1) is 24.2 Å². The molecule has 2 aromatic heterocycles. The number of amides is 1. The molecule has 0 radical (unpaired) electrons. The first-order valence-corrected chi connectivity index (χ1v) is 10.0. The molecule has 0 saturated carbocycles. The van der Waals surface area contributed by atoms with E-state index >= 15 is 0 Å². The number of thiazole rings is 1. The van der Waals surface area contributed by atoms with E-state index in [1.807, 2.05) is 38.1 Å². The molecule has 148 valence electrons. The smallest absolute Gasteiger partial charge is 0.263 e. The molecule has 0 aliphatic rings. The summed E-state index contributed by atoms with van der Waals surface area (Å²) in [6.45, 7) is 8.73. The summed E-state index contributed by atoms with van der Waals surface area (Å²) in [5.41, 5.74) is 3.15. The van der Waals surface area contributed by atoms with Crippen molar-refractivity contribution in [3.05, 3.63) is 40.5 Å². The Balaban J connectivity index is 1.83. The maximum atomic E-state index is 12.5. The molecular weight excluding hydrogens is 374 g/mol. The van der Waals surface area contributed by atoms with Crippen LogP contribution < -0.4 is 10.1 Å². The van der Waals surface area contributed by atoms with Crippen molar-refractivity contribution in [3.8, 4) is 22.1 Å². The Morgan fingerprint density at radius 1 is 1.25 bits per heavy atom. The predicted molar refractivity (Wildman–Crippen MR) is 110 cm³/mol. The lowest BCUT2D eigenvalue weighted by Gasteiger charge is -2.05. The first kappa shape index (κ1) is 20.0. The minimum Gasteiger partial charge on any atom is -0.497 e. The third-order valence-corrected chi connectivity index (χ3v) is 5.59. The molecule has 0 atom stereocenters. The van der Waals surface area contributed by atoms with Crippen LogP contribution in [0, 0.1) is 19.8 Å². The number of benzene rings is 1. The number of hydrogen-bond donors (Lipinski definition) is 1. The van der Waals surface area contributed by atoms with Gasteiger partial charge in [0.15, 0.2) is 0 Å². The molecule has 8 heteroatoms. The van der Waals surface area contributed by atoms with Crippen LogP contribution in [0.25, 0.3) is 16.4 Å². The van der Waals surface area contributed by atoms with Gasteiger partial charge in [-0.1, -0.05) is 19.1 Å². The standard InChI is InChI=1S/C20H25N5O2S/c1-12(2)10-11-21-19(26)18-13(3)22-20(28-18)17-14(4)25(24-23-17)15-6-8-16(27-5)9-7-15/h6-9,12H,10-11H2,1-5H3,(H,21,26). The molecule has 28 heavy (non-hydrogen) atoms. The molecular formula is C20H25N5O2S. The number of rotatable bonds is 7. The average Bonchev–Trinajstić information content (AvgIpc) is 3.24. The van der Waals surface area contributed by atoms with Crippen LogP contribution in [-0.4, -0.2) is 39.5 Å². The van der Waals surface area contributed by atoms with E-state index in [1.54, 1.807) is 11.8 Å². The van der Waals surface area contributed by atoms with E-state index in [4.69, 9.17) is 4.74 Å². The van der Waals surface area contributed by atoms with E-state index in [0.29, 0.717) is 33.7 Å². The monoisotopic (exact) mass is 399 g/mol. The highest BCUT2D eigenvalue weighted by atomic mass is 32.1. The van der Waals surface area contributed by atoms with Gasteiger partial charge in [-0.3, -0.25) is 4.79 Å². The second-order valence-corrected chi connectivity index (χ2v) is 8.00. The van der Waals surface area contributed by atoms with Crippen molar-refractivity contribution in [1.82, 2.24) is 25.3 Å². The number of ether oxygens (including phenoxy) is 1. The molecule has 2 heterocycles. The summed E-state index contributed by atoms with van der Waals surface area (Å²) in [7, 11) is 1.63. The number of carbonyl (C=O) groups is 1. The quantitative estimate of drug-likeness (QED) is 0.654. The molecule has 7 nitrogen and oxygen atoms in total. The molecule has 3 rings (SSSR count). The van der Waals surface area contributed by atoms with Gasteiger partial charge in [-0.2, -0.15) is 0 Å². The number of aromatic nitrogens is 4. The Labute approximate surface area is 168 Å². The summed E-state index contributed by atoms with van der Waals surface area (Å²) in [6, 6.07) is 7.60. The van der Waals surface area contributed by atoms with Crippen LogP contribution in [0.15, 0.2) is 24.3 Å². The Morgan fingerprint density at radius 3 is 2.61 bits per heavy atom. The van der Waals surface area contributed by atoms with Crippen LogP contribution in [-0.2, 0) is 0 Å². The van der Waals surface area contributed by atoms with Crippen molar-refractivity contribution in [3.63, 3.8) is 0 Å². The third kappa shape index (κ3) is 4.22. The van der Waals surface area contributed by atoms with Gasteiger partial charge < -0.3 is 10.1 Å². The molecule has 1 N–H and O–H groups in total. The van der Waals surface area contributed by atoms with Crippen molar-refractivity contribution in [2.24, 2.45) is 5.92 Å². The maximum absolute atomic E-state index is 12.5. The van der Waals surface area contributed by atoms with E-state index in [2.05, 4.69) is 34.5 Å². The highest BCUT2D eigenvalue weighted by molar-refractivity contribution is 7.17. The molecule has 0 spiro atoms. The van der Waals surface area contributed by atoms with E-state index in [-0.39, 0.29) is 5.91 Å². The van der Waals surface area contributed by atoms with Gasteiger partial charge in [-0.05, 0) is 50.5 Å². The number of nitrogens with zero attached hydrogens (tertiary/aromatic N) is 4. The predicted octanol–water partition coefficient (Wildman–Crippen LogP) is 3.79. The molecule has 0 aliphatic heterocycles. The second kappa shape index (κ2) is 8.52.